The number of anilines is 2. The fraction of sp³-hybridized carbons (Fsp3) is 0.130. The number of para-hydroxylation sites is 2. The van der Waals surface area contributed by atoms with Crippen LogP contribution in [0.5, 0.6) is 5.75 Å². The first-order valence-electron chi connectivity index (χ1n) is 8.89. The average molecular weight is 375 g/mol. The zero-order chi connectivity index (χ0) is 19.9. The van der Waals surface area contributed by atoms with E-state index in [0.717, 1.165) is 5.69 Å². The van der Waals surface area contributed by atoms with E-state index in [2.05, 4.69) is 5.32 Å². The van der Waals surface area contributed by atoms with Crippen molar-refractivity contribution in [2.24, 2.45) is 0 Å². The number of esters is 1. The van der Waals surface area contributed by atoms with Gasteiger partial charge in [-0.25, -0.2) is 4.79 Å². The molecule has 0 aliphatic heterocycles. The van der Waals surface area contributed by atoms with Gasteiger partial charge in [0.05, 0.1) is 18.4 Å². The molecule has 3 rings (SSSR count). The van der Waals surface area contributed by atoms with E-state index in [1.807, 2.05) is 36.4 Å². The zero-order valence-electron chi connectivity index (χ0n) is 15.7. The summed E-state index contributed by atoms with van der Waals surface area (Å²) in [5, 5.41) is 3.20. The highest BCUT2D eigenvalue weighted by Gasteiger charge is 2.22. The van der Waals surface area contributed by atoms with Crippen LogP contribution in [0.4, 0.5) is 11.4 Å². The van der Waals surface area contributed by atoms with Crippen LogP contribution in [0, 0.1) is 0 Å². The maximum atomic E-state index is 12.7. The molecule has 0 saturated heterocycles. The Labute approximate surface area is 163 Å². The maximum Gasteiger partial charge on any atom is 0.340 e. The molecule has 0 unspecified atom stereocenters. The minimum Gasteiger partial charge on any atom is -0.497 e. The molecule has 0 aliphatic rings. The molecule has 0 bridgehead atoms. The monoisotopic (exact) mass is 375 g/mol. The molecule has 0 aromatic heterocycles. The number of ketones is 1. The van der Waals surface area contributed by atoms with Crippen LogP contribution in [-0.4, -0.2) is 25.0 Å². The van der Waals surface area contributed by atoms with Crippen LogP contribution in [0.3, 0.4) is 0 Å². The van der Waals surface area contributed by atoms with Gasteiger partial charge in [-0.05, 0) is 55.5 Å². The SMILES string of the molecule is COc1ccc(C(=O)[C@@H](C)OC(=O)c2ccccc2Nc2ccccc2)cc1. The van der Waals surface area contributed by atoms with Crippen molar-refractivity contribution in [3.63, 3.8) is 0 Å². The topological polar surface area (TPSA) is 64.6 Å². The summed E-state index contributed by atoms with van der Waals surface area (Å²) in [7, 11) is 1.56. The van der Waals surface area contributed by atoms with Gasteiger partial charge in [0.25, 0.3) is 0 Å². The van der Waals surface area contributed by atoms with Crippen LogP contribution >= 0.6 is 0 Å². The summed E-state index contributed by atoms with van der Waals surface area (Å²) in [6, 6.07) is 23.2. The lowest BCUT2D eigenvalue weighted by Crippen LogP contribution is -2.24. The van der Waals surface area contributed by atoms with Crippen molar-refractivity contribution >= 4 is 23.1 Å². The Morgan fingerprint density at radius 3 is 2.18 bits per heavy atom. The van der Waals surface area contributed by atoms with Crippen LogP contribution in [0.25, 0.3) is 0 Å². The molecule has 28 heavy (non-hydrogen) atoms. The van der Waals surface area contributed by atoms with Gasteiger partial charge < -0.3 is 14.8 Å². The Kier molecular flexibility index (Phi) is 6.07. The highest BCUT2D eigenvalue weighted by molar-refractivity contribution is 6.02. The van der Waals surface area contributed by atoms with Crippen LogP contribution < -0.4 is 10.1 Å². The molecule has 0 heterocycles. The first-order chi connectivity index (χ1) is 13.6. The van der Waals surface area contributed by atoms with Crippen molar-refractivity contribution in [2.75, 3.05) is 12.4 Å². The van der Waals surface area contributed by atoms with Gasteiger partial charge in [-0.1, -0.05) is 30.3 Å². The summed E-state index contributed by atoms with van der Waals surface area (Å²) in [5.74, 6) is -0.181. The Balaban J connectivity index is 1.72. The van der Waals surface area contributed by atoms with E-state index < -0.39 is 12.1 Å². The minimum atomic E-state index is -0.911. The third-order valence-corrected chi connectivity index (χ3v) is 4.23. The number of nitrogens with one attached hydrogen (secondary N) is 1. The molecule has 0 radical (unpaired) electrons. The van der Waals surface area contributed by atoms with Gasteiger partial charge in [-0.15, -0.1) is 0 Å². The fourth-order valence-electron chi connectivity index (χ4n) is 2.71. The smallest absolute Gasteiger partial charge is 0.340 e. The highest BCUT2D eigenvalue weighted by atomic mass is 16.5. The number of methoxy groups -OCH3 is 1. The van der Waals surface area contributed by atoms with Gasteiger partial charge in [-0.2, -0.15) is 0 Å². The van der Waals surface area contributed by atoms with Gasteiger partial charge in [-0.3, -0.25) is 4.79 Å². The predicted octanol–water partition coefficient (Wildman–Crippen LogP) is 4.87. The summed E-state index contributed by atoms with van der Waals surface area (Å²) in [6.07, 6.45) is -0.911. The van der Waals surface area contributed by atoms with Crippen molar-refractivity contribution in [1.82, 2.24) is 0 Å². The fourth-order valence-corrected chi connectivity index (χ4v) is 2.71. The first-order valence-corrected chi connectivity index (χ1v) is 8.89. The molecule has 0 amide bonds. The molecule has 3 aromatic rings. The van der Waals surface area contributed by atoms with Crippen molar-refractivity contribution < 1.29 is 19.1 Å². The minimum absolute atomic E-state index is 0.274. The first kappa shape index (κ1) is 19.2. The normalized spacial score (nSPS) is 11.4. The van der Waals surface area contributed by atoms with Crippen LogP contribution in [-0.2, 0) is 4.74 Å². The van der Waals surface area contributed by atoms with Crippen molar-refractivity contribution in [3.8, 4) is 5.75 Å². The van der Waals surface area contributed by atoms with E-state index in [1.165, 1.54) is 0 Å². The second kappa shape index (κ2) is 8.86. The lowest BCUT2D eigenvalue weighted by atomic mass is 10.1. The number of Topliss-reactive ketones (excluding diaryl/α,β-unsaturated/α-hetero) is 1. The Morgan fingerprint density at radius 2 is 1.50 bits per heavy atom. The van der Waals surface area contributed by atoms with Crippen LogP contribution in [0.2, 0.25) is 0 Å². The maximum absolute atomic E-state index is 12.7. The molecule has 5 heteroatoms. The number of carbonyl (C=O) groups excluding carboxylic acids is 2. The second-order valence-corrected chi connectivity index (χ2v) is 6.18. The number of benzene rings is 3. The van der Waals surface area contributed by atoms with Crippen molar-refractivity contribution in [1.29, 1.82) is 0 Å². The van der Waals surface area contributed by atoms with E-state index in [4.69, 9.17) is 9.47 Å². The number of rotatable bonds is 7. The van der Waals surface area contributed by atoms with E-state index in [1.54, 1.807) is 56.5 Å². The summed E-state index contributed by atoms with van der Waals surface area (Å²) < 4.78 is 10.5. The summed E-state index contributed by atoms with van der Waals surface area (Å²) in [6.45, 7) is 1.57. The van der Waals surface area contributed by atoms with Gasteiger partial charge in [0.2, 0.25) is 5.78 Å². The molecule has 3 aromatic carbocycles. The molecule has 142 valence electrons. The average Bonchev–Trinajstić information content (AvgIpc) is 2.74. The van der Waals surface area contributed by atoms with Crippen molar-refractivity contribution in [3.05, 3.63) is 90.0 Å². The summed E-state index contributed by atoms with van der Waals surface area (Å²) in [4.78, 5) is 25.2. The Morgan fingerprint density at radius 1 is 0.857 bits per heavy atom. The van der Waals surface area contributed by atoms with Gasteiger partial charge in [0.1, 0.15) is 5.75 Å². The lowest BCUT2D eigenvalue weighted by Gasteiger charge is -2.15. The molecule has 5 nitrogen and oxygen atoms in total. The van der Waals surface area contributed by atoms with Crippen molar-refractivity contribution in [2.45, 2.75) is 13.0 Å². The van der Waals surface area contributed by atoms with Gasteiger partial charge >= 0.3 is 5.97 Å². The molecule has 0 spiro atoms. The molecular weight excluding hydrogens is 354 g/mol. The van der Waals surface area contributed by atoms with E-state index in [9.17, 15) is 9.59 Å². The molecular formula is C23H21NO4. The molecule has 1 atom stereocenters. The largest absolute Gasteiger partial charge is 0.497 e. The predicted molar refractivity (Wildman–Crippen MR) is 108 cm³/mol. The Bertz CT molecular complexity index is 952. The Hall–Kier alpha value is -3.60. The number of carbonyl (C=O) groups is 2. The molecule has 1 N–H and O–H groups in total. The second-order valence-electron chi connectivity index (χ2n) is 6.18. The number of hydrogen-bond acceptors (Lipinski definition) is 5. The van der Waals surface area contributed by atoms with E-state index >= 15 is 0 Å². The third kappa shape index (κ3) is 4.57. The van der Waals surface area contributed by atoms with Gasteiger partial charge in [0.15, 0.2) is 6.10 Å². The van der Waals surface area contributed by atoms with Crippen LogP contribution in [0.15, 0.2) is 78.9 Å². The summed E-state index contributed by atoms with van der Waals surface area (Å²) in [5.41, 5.74) is 2.28. The van der Waals surface area contributed by atoms with E-state index in [-0.39, 0.29) is 5.78 Å². The number of hydrogen-bond donors (Lipinski definition) is 1. The highest BCUT2D eigenvalue weighted by Crippen LogP contribution is 2.22. The molecule has 0 saturated carbocycles. The standard InChI is InChI=1S/C23H21NO4/c1-16(22(25)17-12-14-19(27-2)15-13-17)28-23(26)20-10-6-7-11-21(20)24-18-8-4-3-5-9-18/h3-16,24H,1-2H3/t16-/m1/s1. The molecule has 0 fully saturated rings. The van der Waals surface area contributed by atoms with Crippen LogP contribution in [0.1, 0.15) is 27.6 Å². The summed E-state index contributed by atoms with van der Waals surface area (Å²) >= 11 is 0. The third-order valence-electron chi connectivity index (χ3n) is 4.23. The molecule has 0 aliphatic carbocycles. The van der Waals surface area contributed by atoms with Gasteiger partial charge in [0, 0.05) is 11.3 Å². The number of ether oxygens (including phenoxy) is 2. The quantitative estimate of drug-likeness (QED) is 0.472. The van der Waals surface area contributed by atoms with E-state index in [0.29, 0.717) is 22.6 Å². The lowest BCUT2D eigenvalue weighted by molar-refractivity contribution is 0.0320. The zero-order valence-corrected chi connectivity index (χ0v) is 15.7.